The van der Waals surface area contributed by atoms with Crippen molar-refractivity contribution in [2.75, 3.05) is 6.54 Å². The average molecular weight is 313 g/mol. The van der Waals surface area contributed by atoms with Gasteiger partial charge in [0.2, 0.25) is 0 Å². The summed E-state index contributed by atoms with van der Waals surface area (Å²) >= 11 is 1.61. The molecule has 2 saturated heterocycles. The number of hydrogen-bond acceptors (Lipinski definition) is 4. The molecule has 0 aromatic rings. The molecule has 0 saturated carbocycles. The van der Waals surface area contributed by atoms with Gasteiger partial charge in [-0.1, -0.05) is 0 Å². The van der Waals surface area contributed by atoms with Crippen LogP contribution >= 0.6 is 11.8 Å². The van der Waals surface area contributed by atoms with Crippen molar-refractivity contribution < 1.29 is 9.59 Å². The fraction of sp³-hybridized carbons (Fsp3) is 0.545. The van der Waals surface area contributed by atoms with Gasteiger partial charge in [-0.05, 0) is 0 Å². The number of carbonyl (C=O) groups excluding carboxylic acids is 2. The van der Waals surface area contributed by atoms with E-state index >= 15 is 0 Å². The summed E-state index contributed by atoms with van der Waals surface area (Å²) in [5.74, 6) is -0.287. The van der Waals surface area contributed by atoms with Gasteiger partial charge in [0.15, 0.2) is 0 Å². The molecule has 0 aromatic carbocycles. The van der Waals surface area contributed by atoms with Gasteiger partial charge in [0.1, 0.15) is 0 Å². The third kappa shape index (κ3) is 1.57. The molecular weight excluding hydrogens is 303 g/mol. The molecule has 2 unspecified atom stereocenters. The minimum atomic E-state index is -0.128. The molecule has 3 aliphatic heterocycles. The predicted molar refractivity (Wildman–Crippen MR) is 64.2 cm³/mol. The topological polar surface area (TPSA) is 61.2 Å². The van der Waals surface area contributed by atoms with Crippen LogP contribution in [0.5, 0.6) is 0 Å². The van der Waals surface area contributed by atoms with Gasteiger partial charge in [-0.25, -0.2) is 0 Å². The number of amides is 2. The molecule has 2 bridgehead atoms. The van der Waals surface area contributed by atoms with Crippen LogP contribution in [-0.2, 0) is 9.59 Å². The van der Waals surface area contributed by atoms with Crippen LogP contribution in [0.4, 0.5) is 0 Å². The van der Waals surface area contributed by atoms with E-state index in [9.17, 15) is 9.59 Å². The molecule has 88 valence electrons. The molecule has 6 heteroatoms. The Morgan fingerprint density at radius 2 is 1.88 bits per heavy atom. The van der Waals surface area contributed by atoms with Gasteiger partial charge in [0.05, 0.1) is 0 Å². The van der Waals surface area contributed by atoms with Gasteiger partial charge in [-0.3, -0.25) is 0 Å². The SMILES string of the molecule is N#C[Se]CCN1C(=O)C2C(C1=O)[C@H]1C=C[C@@H]2S1. The van der Waals surface area contributed by atoms with Crippen LogP contribution in [0.3, 0.4) is 0 Å². The molecular formula is C11H10N2O2SSe. The first-order valence-corrected chi connectivity index (χ1v) is 8.45. The molecule has 3 aliphatic rings. The van der Waals surface area contributed by atoms with Crippen LogP contribution < -0.4 is 0 Å². The molecule has 0 aromatic heterocycles. The van der Waals surface area contributed by atoms with E-state index in [2.05, 4.69) is 17.1 Å². The van der Waals surface area contributed by atoms with E-state index in [1.807, 2.05) is 0 Å². The van der Waals surface area contributed by atoms with Crippen molar-refractivity contribution in [3.05, 3.63) is 12.2 Å². The average Bonchev–Trinajstić information content (AvgIpc) is 2.97. The monoisotopic (exact) mass is 314 g/mol. The molecule has 4 nitrogen and oxygen atoms in total. The number of fused-ring (bicyclic) bond motifs is 5. The van der Waals surface area contributed by atoms with E-state index < -0.39 is 0 Å². The summed E-state index contributed by atoms with van der Waals surface area (Å²) in [5.41, 5.74) is 0. The van der Waals surface area contributed by atoms with E-state index in [-0.39, 0.29) is 49.1 Å². The van der Waals surface area contributed by atoms with E-state index in [4.69, 9.17) is 5.26 Å². The summed E-state index contributed by atoms with van der Waals surface area (Å²) in [6, 6.07) is 0. The Hall–Kier alpha value is -0.761. The van der Waals surface area contributed by atoms with Crippen molar-refractivity contribution in [2.24, 2.45) is 11.8 Å². The molecule has 3 rings (SSSR count). The van der Waals surface area contributed by atoms with Gasteiger partial charge in [0, 0.05) is 0 Å². The number of rotatable bonds is 3. The van der Waals surface area contributed by atoms with Crippen LogP contribution in [-0.4, -0.2) is 48.7 Å². The van der Waals surface area contributed by atoms with Crippen LogP contribution in [0.25, 0.3) is 0 Å². The molecule has 2 amide bonds. The van der Waals surface area contributed by atoms with Crippen molar-refractivity contribution in [1.29, 1.82) is 5.26 Å². The summed E-state index contributed by atoms with van der Waals surface area (Å²) in [4.78, 5) is 27.8. The zero-order chi connectivity index (χ0) is 12.0. The second kappa shape index (κ2) is 4.16. The first kappa shape index (κ1) is 11.3. The van der Waals surface area contributed by atoms with Crippen molar-refractivity contribution in [2.45, 2.75) is 15.8 Å². The van der Waals surface area contributed by atoms with E-state index in [1.165, 1.54) is 4.90 Å². The fourth-order valence-corrected chi connectivity index (χ4v) is 5.17. The van der Waals surface area contributed by atoms with Gasteiger partial charge < -0.3 is 0 Å². The summed E-state index contributed by atoms with van der Waals surface area (Å²) in [6.45, 7) is 0.433. The Balaban J connectivity index is 1.76. The Bertz CT molecular complexity index is 429. The molecule has 2 fully saturated rings. The molecule has 0 radical (unpaired) electrons. The number of nitriles is 1. The molecule has 17 heavy (non-hydrogen) atoms. The van der Waals surface area contributed by atoms with Gasteiger partial charge >= 0.3 is 110 Å². The van der Waals surface area contributed by atoms with Crippen LogP contribution in [0.2, 0.25) is 5.32 Å². The van der Waals surface area contributed by atoms with Gasteiger partial charge in [0.25, 0.3) is 0 Å². The number of likely N-dealkylation sites (tertiary alicyclic amines) is 1. The normalized spacial score (nSPS) is 37.7. The number of nitrogens with zero attached hydrogens (tertiary/aromatic N) is 2. The summed E-state index contributed by atoms with van der Waals surface area (Å²) in [7, 11) is 0. The molecule has 0 spiro atoms. The summed E-state index contributed by atoms with van der Waals surface area (Å²) in [5, 5.41) is 9.56. The summed E-state index contributed by atoms with van der Waals surface area (Å²) < 4.78 is 0. The van der Waals surface area contributed by atoms with Crippen molar-refractivity contribution in [3.63, 3.8) is 0 Å². The van der Waals surface area contributed by atoms with Crippen molar-refractivity contribution in [1.82, 2.24) is 4.90 Å². The van der Waals surface area contributed by atoms with Crippen molar-refractivity contribution in [3.8, 4) is 4.97 Å². The number of imide groups is 1. The second-order valence-electron chi connectivity index (χ2n) is 4.27. The standard InChI is InChI=1S/C11H10N2O2SSe/c12-5-17-4-3-13-10(14)8-6-1-2-7(16-6)9(8)11(13)15/h1-2,6-9H,3-4H2/t6-,7+,8?,9?. The second-order valence-corrected chi connectivity index (χ2v) is 7.48. The molecule has 0 N–H and O–H groups in total. The first-order chi connectivity index (χ1) is 8.24. The number of thioether (sulfide) groups is 1. The van der Waals surface area contributed by atoms with Crippen LogP contribution in [0.15, 0.2) is 12.2 Å². The van der Waals surface area contributed by atoms with Crippen LogP contribution in [0, 0.1) is 22.1 Å². The number of hydrogen-bond donors (Lipinski definition) is 0. The van der Waals surface area contributed by atoms with E-state index in [0.717, 1.165) is 0 Å². The zero-order valence-corrected chi connectivity index (χ0v) is 11.4. The Morgan fingerprint density at radius 1 is 1.29 bits per heavy atom. The fourth-order valence-electron chi connectivity index (χ4n) is 2.77. The molecule has 4 atom stereocenters. The Kier molecular flexibility index (Phi) is 2.78. The van der Waals surface area contributed by atoms with E-state index in [0.29, 0.717) is 11.9 Å². The number of carbonyl (C=O) groups is 2. The van der Waals surface area contributed by atoms with E-state index in [1.54, 1.807) is 11.8 Å². The van der Waals surface area contributed by atoms with Gasteiger partial charge in [-0.15, -0.1) is 0 Å². The van der Waals surface area contributed by atoms with Crippen molar-refractivity contribution >= 4 is 38.5 Å². The maximum absolute atomic E-state index is 12.2. The minimum absolute atomic E-state index is 0.0157. The first-order valence-electron chi connectivity index (χ1n) is 5.44. The Labute approximate surface area is 110 Å². The summed E-state index contributed by atoms with van der Waals surface area (Å²) in [6.07, 6.45) is 4.12. The zero-order valence-electron chi connectivity index (χ0n) is 8.91. The quantitative estimate of drug-likeness (QED) is 0.324. The molecule has 3 heterocycles. The Morgan fingerprint density at radius 3 is 2.41 bits per heavy atom. The third-order valence-corrected chi connectivity index (χ3v) is 6.09. The van der Waals surface area contributed by atoms with Crippen LogP contribution in [0.1, 0.15) is 0 Å². The molecule has 0 aliphatic carbocycles. The van der Waals surface area contributed by atoms with Gasteiger partial charge in [-0.2, -0.15) is 0 Å². The predicted octanol–water partition coefficient (Wildman–Crippen LogP) is 0.245. The maximum atomic E-state index is 12.2. The third-order valence-electron chi connectivity index (χ3n) is 3.48.